The highest BCUT2D eigenvalue weighted by Gasteiger charge is 2.22. The number of fused-ring (bicyclic) bond motifs is 1. The summed E-state index contributed by atoms with van der Waals surface area (Å²) in [5.74, 6) is 0.554. The van der Waals surface area contributed by atoms with E-state index in [9.17, 15) is 9.59 Å². The molecule has 0 unspecified atom stereocenters. The Balaban J connectivity index is 0.00000138. The van der Waals surface area contributed by atoms with Crippen molar-refractivity contribution < 1.29 is 9.59 Å². The van der Waals surface area contributed by atoms with Crippen molar-refractivity contribution in [1.82, 2.24) is 15.3 Å². The number of anilines is 1. The van der Waals surface area contributed by atoms with Gasteiger partial charge in [-0.25, -0.2) is 9.78 Å². The number of hydrogen-bond donors (Lipinski definition) is 2. The largest absolute Gasteiger partial charge is 0.351 e. The van der Waals surface area contributed by atoms with E-state index in [1.165, 1.54) is 11.8 Å². The number of urea groups is 1. The summed E-state index contributed by atoms with van der Waals surface area (Å²) in [4.78, 5) is 33.0. The van der Waals surface area contributed by atoms with E-state index in [2.05, 4.69) is 15.3 Å². The first-order chi connectivity index (χ1) is 15.0. The normalized spacial score (nSPS) is 12.3. The molecule has 7 heteroatoms. The van der Waals surface area contributed by atoms with Gasteiger partial charge in [0.25, 0.3) is 0 Å². The standard InChI is InChI=1S/C18H21N5O2.3C2H6/c1-11(22-12(2)24)14-7-15(9-20-8-14)16-6-13-4-3-5-23(18(19)25)17(13)21-10-16;3*1-2/h6-11H,3-5H2,1-2H3,(H2,19,25)(H,22,24);3*1-2H3/t11-;;;/m1.../s1. The van der Waals surface area contributed by atoms with Gasteiger partial charge in [0.15, 0.2) is 0 Å². The van der Waals surface area contributed by atoms with Crippen LogP contribution >= 0.6 is 0 Å². The lowest BCUT2D eigenvalue weighted by atomic mass is 10.00. The first kappa shape index (κ1) is 28.0. The molecule has 0 bridgehead atoms. The lowest BCUT2D eigenvalue weighted by molar-refractivity contribution is -0.119. The van der Waals surface area contributed by atoms with Gasteiger partial charge >= 0.3 is 6.03 Å². The molecule has 3 rings (SSSR count). The minimum Gasteiger partial charge on any atom is -0.351 e. The molecule has 3 heterocycles. The Labute approximate surface area is 187 Å². The summed E-state index contributed by atoms with van der Waals surface area (Å²) in [5.41, 5.74) is 9.19. The van der Waals surface area contributed by atoms with Gasteiger partial charge < -0.3 is 11.1 Å². The number of nitrogens with two attached hydrogens (primary N) is 1. The van der Waals surface area contributed by atoms with E-state index >= 15 is 0 Å². The number of hydrogen-bond acceptors (Lipinski definition) is 4. The Morgan fingerprint density at radius 3 is 2.23 bits per heavy atom. The van der Waals surface area contributed by atoms with Gasteiger partial charge in [0.1, 0.15) is 5.82 Å². The maximum Gasteiger partial charge on any atom is 0.320 e. The van der Waals surface area contributed by atoms with Crippen LogP contribution in [0.4, 0.5) is 10.6 Å². The zero-order valence-corrected chi connectivity index (χ0v) is 20.3. The summed E-state index contributed by atoms with van der Waals surface area (Å²) in [5, 5.41) is 2.85. The monoisotopic (exact) mass is 429 g/mol. The van der Waals surface area contributed by atoms with E-state index in [0.29, 0.717) is 12.4 Å². The van der Waals surface area contributed by atoms with Gasteiger partial charge in [-0.15, -0.1) is 0 Å². The summed E-state index contributed by atoms with van der Waals surface area (Å²) in [6, 6.07) is 3.42. The fourth-order valence-electron chi connectivity index (χ4n) is 3.08. The average Bonchev–Trinajstić information content (AvgIpc) is 2.81. The van der Waals surface area contributed by atoms with Crippen molar-refractivity contribution in [3.63, 3.8) is 0 Å². The molecule has 2 aromatic rings. The molecule has 0 saturated heterocycles. The van der Waals surface area contributed by atoms with E-state index in [4.69, 9.17) is 5.73 Å². The first-order valence-corrected chi connectivity index (χ1v) is 11.2. The second-order valence-corrected chi connectivity index (χ2v) is 6.23. The van der Waals surface area contributed by atoms with Crippen LogP contribution in [0.15, 0.2) is 30.7 Å². The van der Waals surface area contributed by atoms with Crippen LogP contribution in [0.1, 0.15) is 79.0 Å². The van der Waals surface area contributed by atoms with Gasteiger partial charge in [-0.05, 0) is 43.0 Å². The van der Waals surface area contributed by atoms with Crippen LogP contribution in [0.3, 0.4) is 0 Å². The molecule has 0 fully saturated rings. The molecule has 172 valence electrons. The molecule has 0 saturated carbocycles. The second-order valence-electron chi connectivity index (χ2n) is 6.23. The molecule has 3 N–H and O–H groups in total. The molecule has 2 aromatic heterocycles. The van der Waals surface area contributed by atoms with E-state index in [0.717, 1.165) is 35.1 Å². The Kier molecular flexibility index (Phi) is 13.5. The third-order valence-electron chi connectivity index (χ3n) is 4.30. The molecule has 3 amide bonds. The van der Waals surface area contributed by atoms with E-state index < -0.39 is 6.03 Å². The van der Waals surface area contributed by atoms with Crippen LogP contribution in [0.25, 0.3) is 11.1 Å². The number of nitrogens with one attached hydrogen (secondary N) is 1. The van der Waals surface area contributed by atoms with Crippen LogP contribution in [0.5, 0.6) is 0 Å². The first-order valence-electron chi connectivity index (χ1n) is 11.2. The van der Waals surface area contributed by atoms with Crippen molar-refractivity contribution in [2.24, 2.45) is 5.73 Å². The fourth-order valence-corrected chi connectivity index (χ4v) is 3.08. The number of rotatable bonds is 3. The van der Waals surface area contributed by atoms with Crippen LogP contribution < -0.4 is 16.0 Å². The topological polar surface area (TPSA) is 101 Å². The van der Waals surface area contributed by atoms with Gasteiger partial charge in [-0.3, -0.25) is 14.7 Å². The molecule has 1 atom stereocenters. The zero-order valence-electron chi connectivity index (χ0n) is 20.3. The summed E-state index contributed by atoms with van der Waals surface area (Å²) >= 11 is 0. The van der Waals surface area contributed by atoms with Gasteiger partial charge in [0.2, 0.25) is 5.91 Å². The van der Waals surface area contributed by atoms with E-state index in [1.54, 1.807) is 18.6 Å². The van der Waals surface area contributed by atoms with Crippen molar-refractivity contribution in [3.8, 4) is 11.1 Å². The number of amides is 3. The van der Waals surface area contributed by atoms with Gasteiger partial charge in [-0.2, -0.15) is 0 Å². The molecule has 0 aliphatic carbocycles. The van der Waals surface area contributed by atoms with Crippen LogP contribution in [-0.4, -0.2) is 28.5 Å². The maximum absolute atomic E-state index is 11.5. The molecule has 0 radical (unpaired) electrons. The van der Waals surface area contributed by atoms with E-state index in [1.807, 2.05) is 60.6 Å². The lowest BCUT2D eigenvalue weighted by Crippen LogP contribution is -2.40. The summed E-state index contributed by atoms with van der Waals surface area (Å²) < 4.78 is 0. The van der Waals surface area contributed by atoms with Gasteiger partial charge in [-0.1, -0.05) is 41.5 Å². The van der Waals surface area contributed by atoms with Gasteiger partial charge in [0, 0.05) is 43.2 Å². The van der Waals surface area contributed by atoms with Crippen molar-refractivity contribution >= 4 is 17.8 Å². The number of pyridine rings is 2. The number of carbonyl (C=O) groups is 2. The maximum atomic E-state index is 11.5. The highest BCUT2D eigenvalue weighted by atomic mass is 16.2. The molecule has 1 aliphatic rings. The molecule has 0 spiro atoms. The Morgan fingerprint density at radius 1 is 1.03 bits per heavy atom. The summed E-state index contributed by atoms with van der Waals surface area (Å²) in [6.45, 7) is 16.0. The van der Waals surface area contributed by atoms with Crippen molar-refractivity contribution in [2.45, 2.75) is 74.3 Å². The van der Waals surface area contributed by atoms with Crippen LogP contribution in [0.2, 0.25) is 0 Å². The number of aryl methyl sites for hydroxylation is 1. The van der Waals surface area contributed by atoms with Crippen molar-refractivity contribution in [3.05, 3.63) is 41.9 Å². The van der Waals surface area contributed by atoms with Gasteiger partial charge in [0.05, 0.1) is 6.04 Å². The zero-order chi connectivity index (χ0) is 24.0. The number of nitrogens with zero attached hydrogens (tertiary/aromatic N) is 3. The average molecular weight is 430 g/mol. The highest BCUT2D eigenvalue weighted by molar-refractivity contribution is 5.91. The third-order valence-corrected chi connectivity index (χ3v) is 4.30. The fraction of sp³-hybridized carbons (Fsp3) is 0.500. The van der Waals surface area contributed by atoms with Crippen LogP contribution in [0, 0.1) is 0 Å². The number of aromatic nitrogens is 2. The third kappa shape index (κ3) is 8.00. The van der Waals surface area contributed by atoms with Crippen LogP contribution in [-0.2, 0) is 11.2 Å². The minimum absolute atomic E-state index is 0.0834. The minimum atomic E-state index is -0.478. The smallest absolute Gasteiger partial charge is 0.320 e. The molecular formula is C24H39N5O2. The van der Waals surface area contributed by atoms with Crippen molar-refractivity contribution in [2.75, 3.05) is 11.4 Å². The van der Waals surface area contributed by atoms with E-state index in [-0.39, 0.29) is 11.9 Å². The predicted molar refractivity (Wildman–Crippen MR) is 129 cm³/mol. The van der Waals surface area contributed by atoms with Crippen molar-refractivity contribution in [1.29, 1.82) is 0 Å². The molecule has 7 nitrogen and oxygen atoms in total. The number of primary amides is 1. The molecule has 0 aromatic carbocycles. The predicted octanol–water partition coefficient (Wildman–Crippen LogP) is 5.25. The highest BCUT2D eigenvalue weighted by Crippen LogP contribution is 2.29. The summed E-state index contributed by atoms with van der Waals surface area (Å²) in [6.07, 6.45) is 6.95. The quantitative estimate of drug-likeness (QED) is 0.695. The second kappa shape index (κ2) is 14.9. The number of carbonyl (C=O) groups excluding carboxylic acids is 2. The lowest BCUT2D eigenvalue weighted by Gasteiger charge is -2.27. The molecule has 31 heavy (non-hydrogen) atoms. The Morgan fingerprint density at radius 2 is 1.65 bits per heavy atom. The summed E-state index contributed by atoms with van der Waals surface area (Å²) in [7, 11) is 0. The molecule has 1 aliphatic heterocycles. The Bertz CT molecular complexity index is 823. The SMILES string of the molecule is CC.CC.CC.CC(=O)N[C@H](C)c1cncc(-c2cnc3c(c2)CCCN3C(N)=O)c1. The molecular weight excluding hydrogens is 390 g/mol. The Hall–Kier alpha value is -2.96.